The topological polar surface area (TPSA) is 47.3 Å². The highest BCUT2D eigenvalue weighted by Gasteiger charge is 2.10. The van der Waals surface area contributed by atoms with Crippen LogP contribution in [0.2, 0.25) is 0 Å². The summed E-state index contributed by atoms with van der Waals surface area (Å²) < 4.78 is 12.0. The molecule has 0 saturated heterocycles. The number of nitrogens with zero attached hydrogens (tertiary/aromatic N) is 1. The van der Waals surface area contributed by atoms with E-state index in [1.807, 2.05) is 6.07 Å². The number of halogens is 1. The average Bonchev–Trinajstić information content (AvgIpc) is 2.90. The number of oxazole rings is 1. The molecule has 0 fully saturated rings. The van der Waals surface area contributed by atoms with E-state index in [0.717, 1.165) is 43.3 Å². The Morgan fingerprint density at radius 2 is 2.20 bits per heavy atom. The second-order valence-electron chi connectivity index (χ2n) is 4.55. The number of aryl methyl sites for hydroxylation is 1. The molecule has 2 rings (SSSR count). The normalized spacial score (nSPS) is 10.9. The van der Waals surface area contributed by atoms with Crippen molar-refractivity contribution >= 4 is 22.6 Å². The van der Waals surface area contributed by atoms with Crippen molar-refractivity contribution in [3.05, 3.63) is 39.4 Å². The molecule has 0 aliphatic rings. The second-order valence-corrected chi connectivity index (χ2v) is 5.63. The fourth-order valence-corrected chi connectivity index (χ4v) is 2.51. The Labute approximate surface area is 133 Å². The molecule has 0 unspecified atom stereocenters. The van der Waals surface area contributed by atoms with Gasteiger partial charge in [-0.3, -0.25) is 0 Å². The lowest BCUT2D eigenvalue weighted by atomic mass is 10.1. The van der Waals surface area contributed by atoms with Gasteiger partial charge in [-0.05, 0) is 35.1 Å². The monoisotopic (exact) mass is 386 g/mol. The van der Waals surface area contributed by atoms with E-state index in [2.05, 4.69) is 51.9 Å². The minimum absolute atomic E-state index is 0.721. The highest BCUT2D eigenvalue weighted by Crippen LogP contribution is 2.27. The lowest BCUT2D eigenvalue weighted by Gasteiger charge is -2.03. The van der Waals surface area contributed by atoms with Crippen molar-refractivity contribution in [3.63, 3.8) is 0 Å². The first kappa shape index (κ1) is 15.5. The minimum Gasteiger partial charge on any atom is -0.441 e. The molecule has 20 heavy (non-hydrogen) atoms. The van der Waals surface area contributed by atoms with Gasteiger partial charge in [0.25, 0.3) is 0 Å². The van der Waals surface area contributed by atoms with Crippen molar-refractivity contribution in [1.82, 2.24) is 10.3 Å². The van der Waals surface area contributed by atoms with Gasteiger partial charge in [0.2, 0.25) is 0 Å². The largest absolute Gasteiger partial charge is 0.441 e. The van der Waals surface area contributed by atoms with Crippen LogP contribution in [0.15, 0.2) is 28.8 Å². The Hall–Kier alpha value is -0.920. The van der Waals surface area contributed by atoms with Crippen LogP contribution in [0.1, 0.15) is 11.5 Å². The lowest BCUT2D eigenvalue weighted by molar-refractivity contribution is 0.199. The fourth-order valence-electron chi connectivity index (χ4n) is 1.88. The third kappa shape index (κ3) is 4.04. The number of aromatic nitrogens is 1. The maximum Gasteiger partial charge on any atom is 0.196 e. The van der Waals surface area contributed by atoms with Gasteiger partial charge >= 0.3 is 0 Å². The van der Waals surface area contributed by atoms with Crippen LogP contribution < -0.4 is 5.32 Å². The van der Waals surface area contributed by atoms with E-state index in [4.69, 9.17) is 9.15 Å². The third-order valence-corrected chi connectivity index (χ3v) is 4.44. The zero-order chi connectivity index (χ0) is 14.4. The quantitative estimate of drug-likeness (QED) is 0.587. The summed E-state index contributed by atoms with van der Waals surface area (Å²) in [5.41, 5.74) is 2.36. The smallest absolute Gasteiger partial charge is 0.196 e. The number of nitrogens with one attached hydrogen (secondary N) is 1. The van der Waals surface area contributed by atoms with Gasteiger partial charge in [0.15, 0.2) is 11.7 Å². The lowest BCUT2D eigenvalue weighted by Crippen LogP contribution is -2.21. The van der Waals surface area contributed by atoms with E-state index in [-0.39, 0.29) is 0 Å². The molecule has 2 aromatic rings. The van der Waals surface area contributed by atoms with Crippen LogP contribution in [-0.4, -0.2) is 31.8 Å². The molecule has 5 heteroatoms. The average molecular weight is 386 g/mol. The molecule has 1 heterocycles. The van der Waals surface area contributed by atoms with Crippen LogP contribution in [0, 0.1) is 10.5 Å². The van der Waals surface area contributed by atoms with Crippen LogP contribution in [0.5, 0.6) is 0 Å². The van der Waals surface area contributed by atoms with Gasteiger partial charge in [-0.1, -0.05) is 18.2 Å². The van der Waals surface area contributed by atoms with Crippen molar-refractivity contribution in [1.29, 1.82) is 0 Å². The molecule has 0 aliphatic heterocycles. The zero-order valence-electron chi connectivity index (χ0n) is 11.8. The highest BCUT2D eigenvalue weighted by molar-refractivity contribution is 14.1. The maximum absolute atomic E-state index is 5.82. The molecule has 1 aromatic carbocycles. The summed E-state index contributed by atoms with van der Waals surface area (Å²) in [6.07, 6.45) is 2.59. The molecule has 0 amide bonds. The molecule has 1 N–H and O–H groups in total. The van der Waals surface area contributed by atoms with E-state index < -0.39 is 0 Å². The Kier molecular flexibility index (Phi) is 6.00. The molecule has 0 aliphatic carbocycles. The summed E-state index contributed by atoms with van der Waals surface area (Å²) in [5, 5.41) is 3.28. The summed E-state index contributed by atoms with van der Waals surface area (Å²) in [4.78, 5) is 4.34. The summed E-state index contributed by atoms with van der Waals surface area (Å²) in [6.45, 7) is 4.51. The SMILES string of the molecule is COCCNCCc1ncc(-c2cccc(C)c2I)o1. The summed E-state index contributed by atoms with van der Waals surface area (Å²) >= 11 is 2.35. The van der Waals surface area contributed by atoms with E-state index in [1.165, 1.54) is 9.13 Å². The number of benzene rings is 1. The number of rotatable bonds is 7. The predicted molar refractivity (Wildman–Crippen MR) is 87.8 cm³/mol. The molecule has 0 spiro atoms. The summed E-state index contributed by atoms with van der Waals surface area (Å²) in [6, 6.07) is 6.21. The Morgan fingerprint density at radius 3 is 3.00 bits per heavy atom. The number of ether oxygens (including phenoxy) is 1. The van der Waals surface area contributed by atoms with Crippen molar-refractivity contribution < 1.29 is 9.15 Å². The van der Waals surface area contributed by atoms with Crippen LogP contribution >= 0.6 is 22.6 Å². The minimum atomic E-state index is 0.721. The van der Waals surface area contributed by atoms with E-state index in [1.54, 1.807) is 13.3 Å². The summed E-state index contributed by atoms with van der Waals surface area (Å²) in [7, 11) is 1.70. The van der Waals surface area contributed by atoms with Gasteiger partial charge in [-0.2, -0.15) is 0 Å². The van der Waals surface area contributed by atoms with Gasteiger partial charge in [0.05, 0.1) is 12.8 Å². The zero-order valence-corrected chi connectivity index (χ0v) is 13.9. The highest BCUT2D eigenvalue weighted by atomic mass is 127. The number of hydrogen-bond donors (Lipinski definition) is 1. The first-order valence-corrected chi connectivity index (χ1v) is 7.70. The number of hydrogen-bond acceptors (Lipinski definition) is 4. The van der Waals surface area contributed by atoms with Crippen LogP contribution in [0.4, 0.5) is 0 Å². The maximum atomic E-state index is 5.82. The van der Waals surface area contributed by atoms with Crippen LogP contribution in [-0.2, 0) is 11.2 Å². The second kappa shape index (κ2) is 7.75. The molecule has 4 nitrogen and oxygen atoms in total. The van der Waals surface area contributed by atoms with Crippen molar-refractivity contribution in [3.8, 4) is 11.3 Å². The van der Waals surface area contributed by atoms with E-state index >= 15 is 0 Å². The van der Waals surface area contributed by atoms with Crippen molar-refractivity contribution in [2.24, 2.45) is 0 Å². The van der Waals surface area contributed by atoms with Gasteiger partial charge in [0, 0.05) is 35.8 Å². The first-order valence-electron chi connectivity index (χ1n) is 6.62. The molecule has 0 bridgehead atoms. The van der Waals surface area contributed by atoms with E-state index in [9.17, 15) is 0 Å². The number of methoxy groups -OCH3 is 1. The molecule has 0 radical (unpaired) electrons. The Morgan fingerprint density at radius 1 is 1.35 bits per heavy atom. The predicted octanol–water partition coefficient (Wildman–Crippen LogP) is 3.03. The Bertz CT molecular complexity index is 555. The molecule has 0 saturated carbocycles. The molecule has 108 valence electrons. The van der Waals surface area contributed by atoms with Gasteiger partial charge in [0.1, 0.15) is 0 Å². The molecule has 1 aromatic heterocycles. The summed E-state index contributed by atoms with van der Waals surface area (Å²) in [5.74, 6) is 1.60. The van der Waals surface area contributed by atoms with Crippen molar-refractivity contribution in [2.45, 2.75) is 13.3 Å². The molecular formula is C15H19IN2O2. The van der Waals surface area contributed by atoms with Gasteiger partial charge in [-0.15, -0.1) is 0 Å². The first-order chi connectivity index (χ1) is 9.72. The van der Waals surface area contributed by atoms with Gasteiger partial charge in [-0.25, -0.2) is 4.98 Å². The third-order valence-electron chi connectivity index (χ3n) is 3.01. The standard InChI is InChI=1S/C15H19IN2O2/c1-11-4-3-5-12(15(11)16)13-10-18-14(20-13)6-7-17-8-9-19-2/h3-5,10,17H,6-9H2,1-2H3. The van der Waals surface area contributed by atoms with Crippen LogP contribution in [0.25, 0.3) is 11.3 Å². The fraction of sp³-hybridized carbons (Fsp3) is 0.400. The molecule has 0 atom stereocenters. The van der Waals surface area contributed by atoms with Crippen molar-refractivity contribution in [2.75, 3.05) is 26.8 Å². The van der Waals surface area contributed by atoms with Crippen LogP contribution in [0.3, 0.4) is 0 Å². The Balaban J connectivity index is 1.97. The van der Waals surface area contributed by atoms with Gasteiger partial charge < -0.3 is 14.5 Å². The molecular weight excluding hydrogens is 367 g/mol. The van der Waals surface area contributed by atoms with E-state index in [0.29, 0.717) is 0 Å².